The van der Waals surface area contributed by atoms with E-state index in [1.54, 1.807) is 0 Å². The third-order valence-electron chi connectivity index (χ3n) is 1.45. The Hall–Kier alpha value is -0.290. The van der Waals surface area contributed by atoms with Gasteiger partial charge < -0.3 is 0 Å². The van der Waals surface area contributed by atoms with Crippen molar-refractivity contribution in [3.8, 4) is 0 Å². The Morgan fingerprint density at radius 2 is 2.23 bits per heavy atom. The largest absolute Gasteiger partial charge is 0.279 e. The smallest absolute Gasteiger partial charge is 0.274 e. The molecule has 0 aliphatic rings. The van der Waals surface area contributed by atoms with Crippen molar-refractivity contribution in [2.75, 3.05) is 14.2 Å². The molecule has 0 radical (unpaired) electrons. The molecule has 6 heteroatoms. The van der Waals surface area contributed by atoms with Crippen LogP contribution in [0, 0.1) is 0 Å². The molecular weight excluding hydrogens is 233 g/mol. The number of rotatable bonds is 2. The average Bonchev–Trinajstić information content (AvgIpc) is 2.42. The van der Waals surface area contributed by atoms with Crippen LogP contribution in [0.15, 0.2) is 6.07 Å². The molecule has 0 fully saturated rings. The first kappa shape index (κ1) is 10.8. The molecule has 72 valence electrons. The van der Waals surface area contributed by atoms with Crippen LogP contribution in [0.4, 0.5) is 0 Å². The first-order valence-corrected chi connectivity index (χ1v) is 4.90. The number of halogens is 2. The monoisotopic (exact) mass is 239 g/mol. The van der Waals surface area contributed by atoms with Crippen LogP contribution in [0.2, 0.25) is 8.67 Å². The van der Waals surface area contributed by atoms with Gasteiger partial charge in [-0.3, -0.25) is 9.63 Å². The fourth-order valence-electron chi connectivity index (χ4n) is 0.739. The molecule has 13 heavy (non-hydrogen) atoms. The van der Waals surface area contributed by atoms with Gasteiger partial charge in [0, 0.05) is 7.05 Å². The molecule has 0 atom stereocenters. The zero-order valence-corrected chi connectivity index (χ0v) is 9.33. The Labute approximate surface area is 89.8 Å². The molecule has 0 saturated heterocycles. The number of hydrogen-bond acceptors (Lipinski definition) is 3. The van der Waals surface area contributed by atoms with Crippen LogP contribution in [0.25, 0.3) is 0 Å². The third kappa shape index (κ3) is 2.34. The van der Waals surface area contributed by atoms with Crippen molar-refractivity contribution >= 4 is 40.4 Å². The minimum absolute atomic E-state index is 0.310. The van der Waals surface area contributed by atoms with Crippen molar-refractivity contribution in [2.45, 2.75) is 0 Å². The van der Waals surface area contributed by atoms with E-state index >= 15 is 0 Å². The summed E-state index contributed by atoms with van der Waals surface area (Å²) >= 11 is 12.6. The van der Waals surface area contributed by atoms with Gasteiger partial charge in [-0.05, 0) is 6.07 Å². The second-order valence-corrected chi connectivity index (χ2v) is 4.51. The second kappa shape index (κ2) is 4.28. The molecule has 0 aromatic carbocycles. The lowest BCUT2D eigenvalue weighted by Crippen LogP contribution is -2.25. The number of hydrogen-bond donors (Lipinski definition) is 0. The van der Waals surface area contributed by atoms with Crippen LogP contribution in [-0.4, -0.2) is 25.1 Å². The lowest BCUT2D eigenvalue weighted by atomic mass is 10.3. The molecule has 1 aromatic heterocycles. The summed E-state index contributed by atoms with van der Waals surface area (Å²) in [6.45, 7) is 0. The van der Waals surface area contributed by atoms with Crippen LogP contribution in [0.5, 0.6) is 0 Å². The number of carbonyl (C=O) groups is 1. The van der Waals surface area contributed by atoms with E-state index in [-0.39, 0.29) is 5.91 Å². The van der Waals surface area contributed by atoms with E-state index in [1.807, 2.05) is 0 Å². The van der Waals surface area contributed by atoms with Crippen LogP contribution in [0.3, 0.4) is 0 Å². The van der Waals surface area contributed by atoms with Crippen LogP contribution < -0.4 is 0 Å². The number of nitrogens with zero attached hydrogens (tertiary/aromatic N) is 1. The summed E-state index contributed by atoms with van der Waals surface area (Å²) in [6, 6.07) is 1.52. The van der Waals surface area contributed by atoms with Gasteiger partial charge in [0.1, 0.15) is 4.34 Å². The van der Waals surface area contributed by atoms with Gasteiger partial charge in [-0.25, -0.2) is 5.06 Å². The van der Waals surface area contributed by atoms with Crippen molar-refractivity contribution in [3.05, 3.63) is 20.3 Å². The highest BCUT2D eigenvalue weighted by Crippen LogP contribution is 2.31. The quantitative estimate of drug-likeness (QED) is 0.744. The summed E-state index contributed by atoms with van der Waals surface area (Å²) < 4.78 is 0.858. The molecule has 1 amide bonds. The number of hydroxylamine groups is 2. The number of amides is 1. The Bertz CT molecular complexity index is 326. The molecule has 1 heterocycles. The fraction of sp³-hybridized carbons (Fsp3) is 0.286. The Balaban J connectivity index is 2.94. The highest BCUT2D eigenvalue weighted by atomic mass is 35.5. The van der Waals surface area contributed by atoms with Crippen molar-refractivity contribution in [1.29, 1.82) is 0 Å². The highest BCUT2D eigenvalue weighted by molar-refractivity contribution is 7.20. The SMILES string of the molecule is CON(C)C(=O)c1cc(Cl)sc1Cl. The van der Waals surface area contributed by atoms with Gasteiger partial charge in [-0.15, -0.1) is 11.3 Å². The van der Waals surface area contributed by atoms with E-state index in [2.05, 4.69) is 0 Å². The maximum absolute atomic E-state index is 11.5. The van der Waals surface area contributed by atoms with E-state index < -0.39 is 0 Å². The van der Waals surface area contributed by atoms with E-state index in [0.717, 1.165) is 16.4 Å². The molecule has 3 nitrogen and oxygen atoms in total. The molecular formula is C7H7Cl2NO2S. The van der Waals surface area contributed by atoms with Crippen molar-refractivity contribution < 1.29 is 9.63 Å². The van der Waals surface area contributed by atoms with E-state index in [4.69, 9.17) is 28.0 Å². The lowest BCUT2D eigenvalue weighted by molar-refractivity contribution is -0.0756. The van der Waals surface area contributed by atoms with Gasteiger partial charge >= 0.3 is 0 Å². The number of thiophene rings is 1. The zero-order chi connectivity index (χ0) is 10.0. The summed E-state index contributed by atoms with van der Waals surface area (Å²) in [7, 11) is 2.91. The summed E-state index contributed by atoms with van der Waals surface area (Å²) in [5.74, 6) is -0.310. The Morgan fingerprint density at radius 1 is 1.62 bits per heavy atom. The van der Waals surface area contributed by atoms with Crippen molar-refractivity contribution in [1.82, 2.24) is 5.06 Å². The van der Waals surface area contributed by atoms with E-state index in [9.17, 15) is 4.79 Å². The highest BCUT2D eigenvalue weighted by Gasteiger charge is 2.17. The first-order valence-electron chi connectivity index (χ1n) is 3.33. The summed E-state index contributed by atoms with van der Waals surface area (Å²) in [6.07, 6.45) is 0. The third-order valence-corrected chi connectivity index (χ3v) is 2.93. The van der Waals surface area contributed by atoms with E-state index in [0.29, 0.717) is 14.2 Å². The molecule has 0 aliphatic heterocycles. The molecule has 0 spiro atoms. The molecule has 0 unspecified atom stereocenters. The van der Waals surface area contributed by atoms with E-state index in [1.165, 1.54) is 20.2 Å². The molecule has 0 aliphatic carbocycles. The van der Waals surface area contributed by atoms with Crippen molar-refractivity contribution in [3.63, 3.8) is 0 Å². The standard InChI is InChI=1S/C7H7Cl2NO2S/c1-10(12-2)7(11)4-3-5(8)13-6(4)9/h3H,1-2H3. The van der Waals surface area contributed by atoms with Crippen LogP contribution >= 0.6 is 34.5 Å². The maximum atomic E-state index is 11.5. The lowest BCUT2D eigenvalue weighted by Gasteiger charge is -2.12. The molecule has 0 saturated carbocycles. The van der Waals surface area contributed by atoms with Gasteiger partial charge in [0.2, 0.25) is 0 Å². The van der Waals surface area contributed by atoms with Crippen LogP contribution in [-0.2, 0) is 4.84 Å². The molecule has 0 N–H and O–H groups in total. The molecule has 1 rings (SSSR count). The Kier molecular flexibility index (Phi) is 3.55. The predicted octanol–water partition coefficient (Wildman–Crippen LogP) is 2.69. The van der Waals surface area contributed by atoms with Gasteiger partial charge in [-0.1, -0.05) is 23.2 Å². The zero-order valence-electron chi connectivity index (χ0n) is 7.01. The minimum atomic E-state index is -0.310. The first-order chi connectivity index (χ1) is 6.06. The predicted molar refractivity (Wildman–Crippen MR) is 53.4 cm³/mol. The topological polar surface area (TPSA) is 29.5 Å². The second-order valence-electron chi connectivity index (χ2n) is 2.22. The molecule has 1 aromatic rings. The van der Waals surface area contributed by atoms with Gasteiger partial charge in [0.15, 0.2) is 0 Å². The van der Waals surface area contributed by atoms with Crippen molar-refractivity contribution in [2.24, 2.45) is 0 Å². The summed E-state index contributed by atoms with van der Waals surface area (Å²) in [5.41, 5.74) is 0.362. The van der Waals surface area contributed by atoms with Crippen LogP contribution in [0.1, 0.15) is 10.4 Å². The number of carbonyl (C=O) groups excluding carboxylic acids is 1. The van der Waals surface area contributed by atoms with Gasteiger partial charge in [0.05, 0.1) is 17.0 Å². The van der Waals surface area contributed by atoms with Gasteiger partial charge in [0.25, 0.3) is 5.91 Å². The summed E-state index contributed by atoms with van der Waals surface area (Å²) in [5, 5.41) is 1.09. The fourth-order valence-corrected chi connectivity index (χ4v) is 2.19. The summed E-state index contributed by atoms with van der Waals surface area (Å²) in [4.78, 5) is 16.2. The Morgan fingerprint density at radius 3 is 2.62 bits per heavy atom. The molecule has 0 bridgehead atoms. The minimum Gasteiger partial charge on any atom is -0.274 e. The van der Waals surface area contributed by atoms with Gasteiger partial charge in [-0.2, -0.15) is 0 Å². The normalized spacial score (nSPS) is 10.2. The maximum Gasteiger partial charge on any atom is 0.279 e. The average molecular weight is 240 g/mol.